The van der Waals surface area contributed by atoms with Crippen molar-refractivity contribution in [2.45, 2.75) is 39.5 Å². The highest BCUT2D eigenvalue weighted by atomic mass is 16.1. The first-order valence-corrected chi connectivity index (χ1v) is 8.73. The van der Waals surface area contributed by atoms with E-state index in [1.54, 1.807) is 0 Å². The second kappa shape index (κ2) is 8.14. The van der Waals surface area contributed by atoms with Crippen LogP contribution in [0.2, 0.25) is 0 Å². The zero-order valence-electron chi connectivity index (χ0n) is 14.1. The number of piperidine rings is 2. The standard InChI is InChI=1S/C17H33N3O/c1-14-10-15(2)12-20(11-14)9-5-7-18-17(21)16-6-4-8-19(3)13-16/h14-16H,4-13H2,1-3H3,(H,18,21)/t14-,15-,16+/m0/s1. The number of nitrogens with zero attached hydrogens (tertiary/aromatic N) is 2. The molecule has 4 heteroatoms. The fraction of sp³-hybridized carbons (Fsp3) is 0.941. The second-order valence-electron chi connectivity index (χ2n) is 7.45. The second-order valence-corrected chi connectivity index (χ2v) is 7.45. The van der Waals surface area contributed by atoms with Crippen LogP contribution in [0.15, 0.2) is 0 Å². The third kappa shape index (κ3) is 5.59. The summed E-state index contributed by atoms with van der Waals surface area (Å²) in [6, 6.07) is 0. The number of carbonyl (C=O) groups excluding carboxylic acids is 1. The quantitative estimate of drug-likeness (QED) is 0.786. The molecule has 1 N–H and O–H groups in total. The van der Waals surface area contributed by atoms with Gasteiger partial charge in [0, 0.05) is 26.2 Å². The molecular formula is C17H33N3O. The highest BCUT2D eigenvalue weighted by Gasteiger charge is 2.24. The van der Waals surface area contributed by atoms with E-state index < -0.39 is 0 Å². The predicted octanol–water partition coefficient (Wildman–Crippen LogP) is 1.81. The minimum atomic E-state index is 0.207. The molecule has 0 unspecified atom stereocenters. The van der Waals surface area contributed by atoms with Crippen LogP contribution >= 0.6 is 0 Å². The maximum absolute atomic E-state index is 12.1. The molecule has 2 rings (SSSR count). The third-order valence-corrected chi connectivity index (χ3v) is 4.89. The first-order valence-electron chi connectivity index (χ1n) is 8.73. The highest BCUT2D eigenvalue weighted by Crippen LogP contribution is 2.20. The first-order chi connectivity index (χ1) is 10.0. The Balaban J connectivity index is 1.59. The van der Waals surface area contributed by atoms with Crippen LogP contribution in [0.3, 0.4) is 0 Å². The van der Waals surface area contributed by atoms with Gasteiger partial charge in [-0.25, -0.2) is 0 Å². The molecule has 2 saturated heterocycles. The molecule has 2 fully saturated rings. The lowest BCUT2D eigenvalue weighted by Gasteiger charge is -2.35. The summed E-state index contributed by atoms with van der Waals surface area (Å²) >= 11 is 0. The first kappa shape index (κ1) is 16.8. The molecular weight excluding hydrogens is 262 g/mol. The fourth-order valence-corrected chi connectivity index (χ4v) is 4.01. The minimum Gasteiger partial charge on any atom is -0.356 e. The van der Waals surface area contributed by atoms with E-state index in [0.717, 1.165) is 57.3 Å². The molecule has 0 radical (unpaired) electrons. The fourth-order valence-electron chi connectivity index (χ4n) is 4.01. The number of hydrogen-bond donors (Lipinski definition) is 1. The topological polar surface area (TPSA) is 35.6 Å². The Morgan fingerprint density at radius 2 is 1.90 bits per heavy atom. The summed E-state index contributed by atoms with van der Waals surface area (Å²) in [5.41, 5.74) is 0. The molecule has 3 atom stereocenters. The number of amides is 1. The van der Waals surface area contributed by atoms with Gasteiger partial charge < -0.3 is 15.1 Å². The zero-order valence-corrected chi connectivity index (χ0v) is 14.1. The van der Waals surface area contributed by atoms with E-state index in [2.05, 4.69) is 36.0 Å². The van der Waals surface area contributed by atoms with Gasteiger partial charge in [0.05, 0.1) is 5.92 Å². The maximum Gasteiger partial charge on any atom is 0.224 e. The van der Waals surface area contributed by atoms with E-state index in [4.69, 9.17) is 0 Å². The van der Waals surface area contributed by atoms with Crippen molar-refractivity contribution in [3.05, 3.63) is 0 Å². The van der Waals surface area contributed by atoms with Gasteiger partial charge in [-0.1, -0.05) is 13.8 Å². The van der Waals surface area contributed by atoms with E-state index in [1.165, 1.54) is 19.5 Å². The molecule has 2 heterocycles. The molecule has 1 amide bonds. The molecule has 0 bridgehead atoms. The molecule has 2 aliphatic heterocycles. The number of nitrogens with one attached hydrogen (secondary N) is 1. The van der Waals surface area contributed by atoms with Gasteiger partial charge in [-0.3, -0.25) is 4.79 Å². The molecule has 2 aliphatic rings. The van der Waals surface area contributed by atoms with Gasteiger partial charge in [-0.2, -0.15) is 0 Å². The van der Waals surface area contributed by atoms with Crippen LogP contribution in [-0.4, -0.2) is 62.0 Å². The van der Waals surface area contributed by atoms with Crippen LogP contribution in [0, 0.1) is 17.8 Å². The molecule has 21 heavy (non-hydrogen) atoms. The molecule has 0 spiro atoms. The van der Waals surface area contributed by atoms with Crippen molar-refractivity contribution in [2.24, 2.45) is 17.8 Å². The summed E-state index contributed by atoms with van der Waals surface area (Å²) < 4.78 is 0. The summed E-state index contributed by atoms with van der Waals surface area (Å²) in [6.45, 7) is 11.2. The lowest BCUT2D eigenvalue weighted by Crippen LogP contribution is -2.43. The smallest absolute Gasteiger partial charge is 0.224 e. The molecule has 0 aromatic rings. The van der Waals surface area contributed by atoms with Crippen molar-refractivity contribution in [1.29, 1.82) is 0 Å². The summed E-state index contributed by atoms with van der Waals surface area (Å²) in [5, 5.41) is 3.14. The highest BCUT2D eigenvalue weighted by molar-refractivity contribution is 5.78. The number of carbonyl (C=O) groups is 1. The van der Waals surface area contributed by atoms with E-state index in [0.29, 0.717) is 0 Å². The Hall–Kier alpha value is -0.610. The Labute approximate surface area is 130 Å². The monoisotopic (exact) mass is 295 g/mol. The Kier molecular flexibility index (Phi) is 6.49. The molecule has 0 aromatic heterocycles. The van der Waals surface area contributed by atoms with E-state index in [9.17, 15) is 4.79 Å². The number of rotatable bonds is 5. The summed E-state index contributed by atoms with van der Waals surface area (Å²) in [6.07, 6.45) is 4.64. The summed E-state index contributed by atoms with van der Waals surface area (Å²) in [7, 11) is 2.11. The molecule has 0 saturated carbocycles. The van der Waals surface area contributed by atoms with Gasteiger partial charge in [0.25, 0.3) is 0 Å². The van der Waals surface area contributed by atoms with Crippen LogP contribution in [0.1, 0.15) is 39.5 Å². The molecule has 0 aliphatic carbocycles. The number of hydrogen-bond acceptors (Lipinski definition) is 3. The van der Waals surface area contributed by atoms with E-state index in [1.807, 2.05) is 0 Å². The SMILES string of the molecule is C[C@H]1C[C@H](C)CN(CCCNC(=O)[C@@H]2CCCN(C)C2)C1. The van der Waals surface area contributed by atoms with Gasteiger partial charge in [-0.15, -0.1) is 0 Å². The minimum absolute atomic E-state index is 0.207. The van der Waals surface area contributed by atoms with Crippen molar-refractivity contribution in [3.8, 4) is 0 Å². The van der Waals surface area contributed by atoms with Crippen molar-refractivity contribution >= 4 is 5.91 Å². The van der Waals surface area contributed by atoms with Crippen molar-refractivity contribution in [3.63, 3.8) is 0 Å². The van der Waals surface area contributed by atoms with Crippen LogP contribution < -0.4 is 5.32 Å². The van der Waals surface area contributed by atoms with Crippen molar-refractivity contribution in [2.75, 3.05) is 46.3 Å². The molecule has 0 aromatic carbocycles. The van der Waals surface area contributed by atoms with Crippen molar-refractivity contribution < 1.29 is 4.79 Å². The summed E-state index contributed by atoms with van der Waals surface area (Å²) in [5.74, 6) is 2.11. The average molecular weight is 295 g/mol. The van der Waals surface area contributed by atoms with Crippen molar-refractivity contribution in [1.82, 2.24) is 15.1 Å². The average Bonchev–Trinajstić information content (AvgIpc) is 2.42. The van der Waals surface area contributed by atoms with Gasteiger partial charge >= 0.3 is 0 Å². The molecule has 4 nitrogen and oxygen atoms in total. The van der Waals surface area contributed by atoms with Crippen LogP contribution in [0.5, 0.6) is 0 Å². The zero-order chi connectivity index (χ0) is 15.2. The Morgan fingerprint density at radius 1 is 1.19 bits per heavy atom. The van der Waals surface area contributed by atoms with Crippen LogP contribution in [-0.2, 0) is 4.79 Å². The summed E-state index contributed by atoms with van der Waals surface area (Å²) in [4.78, 5) is 17.0. The third-order valence-electron chi connectivity index (χ3n) is 4.89. The van der Waals surface area contributed by atoms with Crippen LogP contribution in [0.25, 0.3) is 0 Å². The van der Waals surface area contributed by atoms with E-state index in [-0.39, 0.29) is 11.8 Å². The predicted molar refractivity (Wildman–Crippen MR) is 87.2 cm³/mol. The number of likely N-dealkylation sites (tertiary alicyclic amines) is 2. The maximum atomic E-state index is 12.1. The largest absolute Gasteiger partial charge is 0.356 e. The Bertz CT molecular complexity index is 324. The lowest BCUT2D eigenvalue weighted by atomic mass is 9.92. The normalized spacial score (nSPS) is 32.0. The van der Waals surface area contributed by atoms with Gasteiger partial charge in [-0.05, 0) is 57.7 Å². The Morgan fingerprint density at radius 3 is 2.57 bits per heavy atom. The van der Waals surface area contributed by atoms with Gasteiger partial charge in [0.15, 0.2) is 0 Å². The lowest BCUT2D eigenvalue weighted by molar-refractivity contribution is -0.126. The van der Waals surface area contributed by atoms with Gasteiger partial charge in [0.2, 0.25) is 5.91 Å². The van der Waals surface area contributed by atoms with Gasteiger partial charge in [0.1, 0.15) is 0 Å². The van der Waals surface area contributed by atoms with E-state index >= 15 is 0 Å². The molecule has 122 valence electrons. The van der Waals surface area contributed by atoms with Crippen LogP contribution in [0.4, 0.5) is 0 Å².